The van der Waals surface area contributed by atoms with E-state index >= 15 is 0 Å². The molecule has 1 aliphatic heterocycles. The Balaban J connectivity index is 1.41. The lowest BCUT2D eigenvalue weighted by Gasteiger charge is -2.35. The molecule has 2 aromatic rings. The van der Waals surface area contributed by atoms with Crippen molar-refractivity contribution in [3.63, 3.8) is 0 Å². The highest BCUT2D eigenvalue weighted by molar-refractivity contribution is 5.82. The number of piperazine rings is 1. The predicted octanol–water partition coefficient (Wildman–Crippen LogP) is 2.73. The van der Waals surface area contributed by atoms with Gasteiger partial charge in [0.1, 0.15) is 18.0 Å². The molecule has 2 aliphatic rings. The van der Waals surface area contributed by atoms with Gasteiger partial charge in [-0.15, -0.1) is 0 Å². The van der Waals surface area contributed by atoms with Crippen LogP contribution >= 0.6 is 0 Å². The number of carbonyl (C=O) groups excluding carboxylic acids is 1. The van der Waals surface area contributed by atoms with Crippen LogP contribution in [0.4, 0.5) is 10.2 Å². The molecule has 6 heteroatoms. The summed E-state index contributed by atoms with van der Waals surface area (Å²) in [4.78, 5) is 25.1. The summed E-state index contributed by atoms with van der Waals surface area (Å²) in [7, 11) is 0. The van der Waals surface area contributed by atoms with Gasteiger partial charge in [-0.3, -0.25) is 4.79 Å². The molecule has 25 heavy (non-hydrogen) atoms. The number of amides is 1. The maximum atomic E-state index is 13.0. The van der Waals surface area contributed by atoms with E-state index in [1.54, 1.807) is 18.5 Å². The molecule has 130 valence electrons. The molecule has 1 amide bonds. The minimum Gasteiger partial charge on any atom is -0.345 e. The van der Waals surface area contributed by atoms with Crippen LogP contribution in [0.25, 0.3) is 0 Å². The molecular formula is C19H21FN4O. The SMILES string of the molecule is O=C1CN(c2cc(C3CCC3)ncn2)CCN1Cc1ccc(F)cc1. The maximum Gasteiger partial charge on any atom is 0.242 e. The van der Waals surface area contributed by atoms with Crippen molar-refractivity contribution < 1.29 is 9.18 Å². The zero-order chi connectivity index (χ0) is 17.2. The summed E-state index contributed by atoms with van der Waals surface area (Å²) in [6.45, 7) is 2.22. The lowest BCUT2D eigenvalue weighted by Crippen LogP contribution is -2.50. The number of benzene rings is 1. The minimum absolute atomic E-state index is 0.0689. The third-order valence-electron chi connectivity index (χ3n) is 5.13. The smallest absolute Gasteiger partial charge is 0.242 e. The Labute approximate surface area is 146 Å². The van der Waals surface area contributed by atoms with Gasteiger partial charge in [-0.1, -0.05) is 18.6 Å². The van der Waals surface area contributed by atoms with Crippen LogP contribution < -0.4 is 4.90 Å². The topological polar surface area (TPSA) is 49.3 Å². The fourth-order valence-corrected chi connectivity index (χ4v) is 3.34. The molecule has 0 N–H and O–H groups in total. The molecule has 1 saturated carbocycles. The van der Waals surface area contributed by atoms with Crippen molar-refractivity contribution in [1.82, 2.24) is 14.9 Å². The number of nitrogens with zero attached hydrogens (tertiary/aromatic N) is 4. The molecule has 2 heterocycles. The highest BCUT2D eigenvalue weighted by Gasteiger charge is 2.26. The monoisotopic (exact) mass is 340 g/mol. The minimum atomic E-state index is -0.258. The Kier molecular flexibility index (Phi) is 4.34. The molecule has 1 aromatic heterocycles. The van der Waals surface area contributed by atoms with Gasteiger partial charge in [-0.25, -0.2) is 14.4 Å². The van der Waals surface area contributed by atoms with Gasteiger partial charge >= 0.3 is 0 Å². The van der Waals surface area contributed by atoms with Crippen molar-refractivity contribution in [3.05, 3.63) is 53.7 Å². The summed E-state index contributed by atoms with van der Waals surface area (Å²) in [5.41, 5.74) is 2.04. The van der Waals surface area contributed by atoms with Crippen molar-refractivity contribution in [1.29, 1.82) is 0 Å². The molecule has 1 aromatic carbocycles. The van der Waals surface area contributed by atoms with Crippen LogP contribution in [-0.2, 0) is 11.3 Å². The molecule has 4 rings (SSSR count). The Morgan fingerprint density at radius 3 is 2.60 bits per heavy atom. The molecule has 0 radical (unpaired) electrons. The third-order valence-corrected chi connectivity index (χ3v) is 5.13. The number of rotatable bonds is 4. The fourth-order valence-electron chi connectivity index (χ4n) is 3.34. The van der Waals surface area contributed by atoms with E-state index in [0.717, 1.165) is 23.6 Å². The Morgan fingerprint density at radius 2 is 1.92 bits per heavy atom. The molecule has 0 spiro atoms. The molecule has 0 bridgehead atoms. The summed E-state index contributed by atoms with van der Waals surface area (Å²) >= 11 is 0. The largest absolute Gasteiger partial charge is 0.345 e. The van der Waals surface area contributed by atoms with Crippen LogP contribution in [0.1, 0.15) is 36.4 Å². The first-order valence-electron chi connectivity index (χ1n) is 8.78. The van der Waals surface area contributed by atoms with Gasteiger partial charge < -0.3 is 9.80 Å². The van der Waals surface area contributed by atoms with E-state index in [1.165, 1.54) is 31.4 Å². The summed E-state index contributed by atoms with van der Waals surface area (Å²) in [5, 5.41) is 0. The second-order valence-electron chi connectivity index (χ2n) is 6.79. The highest BCUT2D eigenvalue weighted by atomic mass is 19.1. The number of halogens is 1. The molecule has 2 fully saturated rings. The van der Waals surface area contributed by atoms with E-state index in [2.05, 4.69) is 9.97 Å². The van der Waals surface area contributed by atoms with Crippen LogP contribution in [0.2, 0.25) is 0 Å². The van der Waals surface area contributed by atoms with Crippen molar-refractivity contribution >= 4 is 11.7 Å². The molecule has 1 aliphatic carbocycles. The predicted molar refractivity (Wildman–Crippen MR) is 92.7 cm³/mol. The van der Waals surface area contributed by atoms with Crippen molar-refractivity contribution in [2.45, 2.75) is 31.7 Å². The quantitative estimate of drug-likeness (QED) is 0.859. The lowest BCUT2D eigenvalue weighted by molar-refractivity contribution is -0.131. The van der Waals surface area contributed by atoms with E-state index < -0.39 is 0 Å². The van der Waals surface area contributed by atoms with Crippen molar-refractivity contribution in [2.24, 2.45) is 0 Å². The van der Waals surface area contributed by atoms with Crippen LogP contribution in [0.5, 0.6) is 0 Å². The van der Waals surface area contributed by atoms with Crippen LogP contribution in [0.3, 0.4) is 0 Å². The molecule has 0 atom stereocenters. The normalized spacial score (nSPS) is 18.4. The first kappa shape index (κ1) is 16.0. The Hall–Kier alpha value is -2.50. The van der Waals surface area contributed by atoms with Crippen LogP contribution in [0.15, 0.2) is 36.7 Å². The number of hydrogen-bond donors (Lipinski definition) is 0. The standard InChI is InChI=1S/C19H21FN4O/c20-16-6-4-14(5-7-16)11-24-9-8-23(12-19(24)25)18-10-17(21-13-22-18)15-2-1-3-15/h4-7,10,13,15H,1-3,8-9,11-12H2. The van der Waals surface area contributed by atoms with Gasteiger partial charge in [0, 0.05) is 37.3 Å². The number of aromatic nitrogens is 2. The van der Waals surface area contributed by atoms with E-state index in [1.807, 2.05) is 15.9 Å². The average Bonchev–Trinajstić information content (AvgIpc) is 2.57. The summed E-state index contributed by atoms with van der Waals surface area (Å²) in [5.74, 6) is 1.20. The van der Waals surface area contributed by atoms with Crippen molar-refractivity contribution in [3.8, 4) is 0 Å². The Bertz CT molecular complexity index is 760. The first-order chi connectivity index (χ1) is 12.2. The van der Waals surface area contributed by atoms with Gasteiger partial charge in [0.25, 0.3) is 0 Å². The van der Waals surface area contributed by atoms with E-state index in [0.29, 0.717) is 25.6 Å². The van der Waals surface area contributed by atoms with Crippen LogP contribution in [-0.4, -0.2) is 40.4 Å². The first-order valence-corrected chi connectivity index (χ1v) is 8.78. The zero-order valence-corrected chi connectivity index (χ0v) is 14.1. The summed E-state index contributed by atoms with van der Waals surface area (Å²) in [6, 6.07) is 8.35. The van der Waals surface area contributed by atoms with Crippen molar-refractivity contribution in [2.75, 3.05) is 24.5 Å². The maximum absolute atomic E-state index is 13.0. The summed E-state index contributed by atoms with van der Waals surface area (Å²) < 4.78 is 13.0. The van der Waals surface area contributed by atoms with Gasteiger partial charge in [0.2, 0.25) is 5.91 Å². The fraction of sp³-hybridized carbons (Fsp3) is 0.421. The molecule has 1 saturated heterocycles. The van der Waals surface area contributed by atoms with Gasteiger partial charge in [0.05, 0.1) is 6.54 Å². The third kappa shape index (κ3) is 3.48. The van der Waals surface area contributed by atoms with Gasteiger partial charge in [-0.05, 0) is 30.5 Å². The summed E-state index contributed by atoms with van der Waals surface area (Å²) in [6.07, 6.45) is 5.27. The van der Waals surface area contributed by atoms with Gasteiger partial charge in [0.15, 0.2) is 0 Å². The van der Waals surface area contributed by atoms with E-state index in [4.69, 9.17) is 0 Å². The lowest BCUT2D eigenvalue weighted by atomic mass is 9.83. The number of anilines is 1. The zero-order valence-electron chi connectivity index (χ0n) is 14.1. The van der Waals surface area contributed by atoms with Gasteiger partial charge in [-0.2, -0.15) is 0 Å². The average molecular weight is 340 g/mol. The second kappa shape index (κ2) is 6.78. The number of carbonyl (C=O) groups is 1. The number of hydrogen-bond acceptors (Lipinski definition) is 4. The van der Waals surface area contributed by atoms with E-state index in [9.17, 15) is 9.18 Å². The van der Waals surface area contributed by atoms with Crippen LogP contribution in [0, 0.1) is 5.82 Å². The molecular weight excluding hydrogens is 319 g/mol. The molecule has 5 nitrogen and oxygen atoms in total. The highest BCUT2D eigenvalue weighted by Crippen LogP contribution is 2.35. The molecule has 0 unspecified atom stereocenters. The Morgan fingerprint density at radius 1 is 1.12 bits per heavy atom. The second-order valence-corrected chi connectivity index (χ2v) is 6.79. The van der Waals surface area contributed by atoms with E-state index in [-0.39, 0.29) is 11.7 Å².